The van der Waals surface area contributed by atoms with Crippen LogP contribution >= 0.6 is 11.3 Å². The summed E-state index contributed by atoms with van der Waals surface area (Å²) >= 11 is 1.45. The fourth-order valence-electron chi connectivity index (χ4n) is 3.25. The molecule has 0 aromatic carbocycles. The minimum Gasteiger partial charge on any atom is -0.391 e. The minimum atomic E-state index is -0.472. The quantitative estimate of drug-likeness (QED) is 0.607. The van der Waals surface area contributed by atoms with E-state index >= 15 is 0 Å². The molecule has 1 aliphatic rings. The number of carbonyl (C=O) groups excluding carboxylic acids is 1. The van der Waals surface area contributed by atoms with Crippen molar-refractivity contribution in [2.75, 3.05) is 30.8 Å². The van der Waals surface area contributed by atoms with Crippen molar-refractivity contribution in [3.63, 3.8) is 0 Å². The summed E-state index contributed by atoms with van der Waals surface area (Å²) in [5.41, 5.74) is 2.09. The van der Waals surface area contributed by atoms with Gasteiger partial charge in [0.15, 0.2) is 5.69 Å². The van der Waals surface area contributed by atoms with Crippen LogP contribution in [0.3, 0.4) is 0 Å². The lowest BCUT2D eigenvalue weighted by Crippen LogP contribution is -2.30. The average molecular weight is 398 g/mol. The van der Waals surface area contributed by atoms with E-state index in [0.717, 1.165) is 15.3 Å². The zero-order valence-corrected chi connectivity index (χ0v) is 16.5. The summed E-state index contributed by atoms with van der Waals surface area (Å²) in [7, 11) is 1.83. The van der Waals surface area contributed by atoms with Gasteiger partial charge in [-0.05, 0) is 31.0 Å². The number of anilines is 2. The van der Waals surface area contributed by atoms with Crippen molar-refractivity contribution in [1.29, 1.82) is 0 Å². The first-order valence-corrected chi connectivity index (χ1v) is 10.00. The van der Waals surface area contributed by atoms with Gasteiger partial charge in [-0.1, -0.05) is 6.07 Å². The molecule has 0 aliphatic carbocycles. The molecule has 0 saturated carbocycles. The highest BCUT2D eigenvalue weighted by Gasteiger charge is 2.29. The first-order valence-electron chi connectivity index (χ1n) is 9.18. The molecule has 0 spiro atoms. The third kappa shape index (κ3) is 3.63. The number of likely N-dealkylation sites (tertiary alicyclic amines) is 1. The zero-order chi connectivity index (χ0) is 19.7. The Hall–Kier alpha value is -2.78. The monoisotopic (exact) mass is 398 g/mol. The SMILES string of the molecule is CNc1cc2nc(NC(C)c3cccnc3)nc(C(=O)N3CC[C@@H](O)C3)c2s1. The summed E-state index contributed by atoms with van der Waals surface area (Å²) in [6, 6.07) is 5.70. The zero-order valence-electron chi connectivity index (χ0n) is 15.7. The molecule has 4 heterocycles. The van der Waals surface area contributed by atoms with Gasteiger partial charge in [-0.2, -0.15) is 0 Å². The van der Waals surface area contributed by atoms with Gasteiger partial charge in [0.25, 0.3) is 5.91 Å². The highest BCUT2D eigenvalue weighted by molar-refractivity contribution is 7.23. The molecule has 3 N–H and O–H groups in total. The molecular weight excluding hydrogens is 376 g/mol. The second-order valence-corrected chi connectivity index (χ2v) is 7.87. The standard InChI is InChI=1S/C19H22N6O2S/c1-11(12-4-3-6-21-9-12)22-19-23-14-8-15(20-2)28-17(14)16(24-19)18(27)25-7-5-13(26)10-25/h3-4,6,8-9,11,13,20,26H,5,7,10H2,1-2H3,(H,22,23,24)/t11?,13-/m1/s1. The summed E-state index contributed by atoms with van der Waals surface area (Å²) in [4.78, 5) is 28.0. The number of thiophene rings is 1. The van der Waals surface area contributed by atoms with Gasteiger partial charge in [0.1, 0.15) is 0 Å². The Kier molecular flexibility index (Phi) is 5.10. The van der Waals surface area contributed by atoms with E-state index in [-0.39, 0.29) is 11.9 Å². The van der Waals surface area contributed by atoms with Gasteiger partial charge in [0.2, 0.25) is 5.95 Å². The molecule has 1 aliphatic heterocycles. The van der Waals surface area contributed by atoms with Gasteiger partial charge in [0, 0.05) is 32.5 Å². The molecule has 1 unspecified atom stereocenters. The number of aliphatic hydroxyl groups excluding tert-OH is 1. The normalized spacial score (nSPS) is 17.7. The van der Waals surface area contributed by atoms with Crippen LogP contribution in [-0.2, 0) is 0 Å². The fourth-order valence-corrected chi connectivity index (χ4v) is 4.18. The van der Waals surface area contributed by atoms with Gasteiger partial charge in [0.05, 0.1) is 27.4 Å². The number of hydrogen-bond acceptors (Lipinski definition) is 8. The molecule has 0 bridgehead atoms. The van der Waals surface area contributed by atoms with Crippen molar-refractivity contribution < 1.29 is 9.90 Å². The smallest absolute Gasteiger partial charge is 0.274 e. The van der Waals surface area contributed by atoms with E-state index in [1.807, 2.05) is 32.2 Å². The highest BCUT2D eigenvalue weighted by atomic mass is 32.1. The molecule has 3 aromatic rings. The van der Waals surface area contributed by atoms with Gasteiger partial charge in [-0.25, -0.2) is 9.97 Å². The van der Waals surface area contributed by atoms with Crippen molar-refractivity contribution in [3.8, 4) is 0 Å². The van der Waals surface area contributed by atoms with Gasteiger partial charge >= 0.3 is 0 Å². The third-order valence-corrected chi connectivity index (χ3v) is 5.95. The number of amides is 1. The van der Waals surface area contributed by atoms with Gasteiger partial charge in [-0.15, -0.1) is 11.3 Å². The molecule has 28 heavy (non-hydrogen) atoms. The lowest BCUT2D eigenvalue weighted by atomic mass is 10.1. The van der Waals surface area contributed by atoms with Gasteiger partial charge < -0.3 is 20.6 Å². The average Bonchev–Trinajstić information content (AvgIpc) is 3.33. The number of nitrogens with zero attached hydrogens (tertiary/aromatic N) is 4. The van der Waals surface area contributed by atoms with E-state index < -0.39 is 6.10 Å². The van der Waals surface area contributed by atoms with Crippen LogP contribution < -0.4 is 10.6 Å². The molecule has 9 heteroatoms. The number of β-amino-alcohol motifs (C(OH)–C–C–N with tert-alkyl or cyclic N) is 1. The Bertz CT molecular complexity index is 993. The van der Waals surface area contributed by atoms with Gasteiger partial charge in [-0.3, -0.25) is 9.78 Å². The molecular formula is C19H22N6O2S. The number of aliphatic hydroxyl groups is 1. The Labute approximate surface area is 166 Å². The van der Waals surface area contributed by atoms with Crippen molar-refractivity contribution in [2.24, 2.45) is 0 Å². The second kappa shape index (κ2) is 7.69. The number of pyridine rings is 1. The summed E-state index contributed by atoms with van der Waals surface area (Å²) in [6.45, 7) is 2.86. The first kappa shape index (κ1) is 18.6. The number of aromatic nitrogens is 3. The maximum absolute atomic E-state index is 13.1. The number of rotatable bonds is 5. The maximum Gasteiger partial charge on any atom is 0.274 e. The van der Waals surface area contributed by atoms with Crippen molar-refractivity contribution in [3.05, 3.63) is 41.9 Å². The minimum absolute atomic E-state index is 0.0647. The Balaban J connectivity index is 1.70. The lowest BCUT2D eigenvalue weighted by Gasteiger charge is -2.17. The van der Waals surface area contributed by atoms with Crippen molar-refractivity contribution in [2.45, 2.75) is 25.5 Å². The number of hydrogen-bond donors (Lipinski definition) is 3. The van der Waals surface area contributed by atoms with E-state index in [9.17, 15) is 9.90 Å². The third-order valence-electron chi connectivity index (χ3n) is 4.80. The fraction of sp³-hybridized carbons (Fsp3) is 0.368. The molecule has 146 valence electrons. The summed E-state index contributed by atoms with van der Waals surface area (Å²) in [5.74, 6) is 0.220. The molecule has 0 radical (unpaired) electrons. The predicted molar refractivity (Wildman–Crippen MR) is 110 cm³/mol. The number of nitrogens with one attached hydrogen (secondary N) is 2. The van der Waals surface area contributed by atoms with E-state index in [4.69, 9.17) is 0 Å². The van der Waals surface area contributed by atoms with E-state index in [2.05, 4.69) is 25.6 Å². The Morgan fingerprint density at radius 2 is 2.29 bits per heavy atom. The molecule has 1 saturated heterocycles. The summed E-state index contributed by atoms with van der Waals surface area (Å²) in [6.07, 6.45) is 3.64. The van der Waals surface area contributed by atoms with Crippen molar-refractivity contribution in [1.82, 2.24) is 19.9 Å². The van der Waals surface area contributed by atoms with E-state index in [1.54, 1.807) is 17.3 Å². The van der Waals surface area contributed by atoms with Crippen LogP contribution in [0.1, 0.15) is 35.4 Å². The molecule has 8 nitrogen and oxygen atoms in total. The lowest BCUT2D eigenvalue weighted by molar-refractivity contribution is 0.0761. The summed E-state index contributed by atoms with van der Waals surface area (Å²) in [5, 5.41) is 17.1. The van der Waals surface area contributed by atoms with Crippen LogP contribution in [0.5, 0.6) is 0 Å². The highest BCUT2D eigenvalue weighted by Crippen LogP contribution is 2.32. The Morgan fingerprint density at radius 1 is 1.43 bits per heavy atom. The van der Waals surface area contributed by atoms with Crippen LogP contribution in [0, 0.1) is 0 Å². The molecule has 3 aromatic heterocycles. The predicted octanol–water partition coefficient (Wildman–Crippen LogP) is 2.51. The molecule has 1 amide bonds. The van der Waals surface area contributed by atoms with Crippen LogP contribution in [0.25, 0.3) is 10.2 Å². The second-order valence-electron chi connectivity index (χ2n) is 6.82. The van der Waals surface area contributed by atoms with E-state index in [1.165, 1.54) is 11.3 Å². The van der Waals surface area contributed by atoms with Crippen LogP contribution in [-0.4, -0.2) is 57.1 Å². The van der Waals surface area contributed by atoms with Crippen LogP contribution in [0.4, 0.5) is 10.9 Å². The number of carbonyl (C=O) groups is 1. The number of fused-ring (bicyclic) bond motifs is 1. The van der Waals surface area contributed by atoms with Crippen LogP contribution in [0.15, 0.2) is 30.6 Å². The van der Waals surface area contributed by atoms with E-state index in [0.29, 0.717) is 36.7 Å². The topological polar surface area (TPSA) is 103 Å². The summed E-state index contributed by atoms with van der Waals surface area (Å²) < 4.78 is 0.746. The maximum atomic E-state index is 13.1. The molecule has 4 rings (SSSR count). The first-order chi connectivity index (χ1) is 13.5. The largest absolute Gasteiger partial charge is 0.391 e. The molecule has 2 atom stereocenters. The van der Waals surface area contributed by atoms with Crippen molar-refractivity contribution >= 4 is 38.4 Å². The van der Waals surface area contributed by atoms with Crippen LogP contribution in [0.2, 0.25) is 0 Å². The molecule has 1 fully saturated rings. The Morgan fingerprint density at radius 3 is 2.96 bits per heavy atom.